The fourth-order valence-electron chi connectivity index (χ4n) is 3.34. The molecule has 6 heteroatoms. The second kappa shape index (κ2) is 7.15. The molecule has 0 atom stereocenters. The molecule has 140 valence electrons. The third-order valence-electron chi connectivity index (χ3n) is 4.58. The monoisotopic (exact) mass is 373 g/mol. The third-order valence-corrected chi connectivity index (χ3v) is 4.58. The van der Waals surface area contributed by atoms with Crippen molar-refractivity contribution in [3.63, 3.8) is 0 Å². The number of nitrogens with one attached hydrogen (secondary N) is 1. The highest BCUT2D eigenvalue weighted by atomic mass is 16.5. The molecule has 1 amide bonds. The molecule has 0 bridgehead atoms. The topological polar surface area (TPSA) is 73.2 Å². The number of ether oxygens (including phenoxy) is 1. The van der Waals surface area contributed by atoms with E-state index in [0.29, 0.717) is 11.4 Å². The maximum Gasteiger partial charge on any atom is 0.339 e. The standard InChI is InChI=1S/C22H19N3O3/c1-14-11-19(25(2)24-14)23-20(26)13-28-22(27)21-17-9-5-3-7-15(17)12-16-8-4-6-10-18(16)21/h3-12H,13H2,1-2H3,(H,23,26). The van der Waals surface area contributed by atoms with Crippen LogP contribution in [-0.4, -0.2) is 28.3 Å². The van der Waals surface area contributed by atoms with Crippen molar-refractivity contribution in [2.24, 2.45) is 7.05 Å². The summed E-state index contributed by atoms with van der Waals surface area (Å²) in [6.45, 7) is 1.46. The molecule has 28 heavy (non-hydrogen) atoms. The van der Waals surface area contributed by atoms with Crippen LogP contribution in [0.2, 0.25) is 0 Å². The van der Waals surface area contributed by atoms with Crippen molar-refractivity contribution in [1.82, 2.24) is 9.78 Å². The number of hydrogen-bond acceptors (Lipinski definition) is 4. The van der Waals surface area contributed by atoms with Crippen LogP contribution in [0.5, 0.6) is 0 Å². The number of nitrogens with zero attached hydrogens (tertiary/aromatic N) is 2. The summed E-state index contributed by atoms with van der Waals surface area (Å²) in [5.74, 6) is -0.389. The quantitative estimate of drug-likeness (QED) is 0.436. The number of rotatable bonds is 4. The number of esters is 1. The van der Waals surface area contributed by atoms with Gasteiger partial charge in [-0.05, 0) is 34.5 Å². The second-order valence-corrected chi connectivity index (χ2v) is 6.61. The average Bonchev–Trinajstić information content (AvgIpc) is 3.00. The number of carbonyl (C=O) groups excluding carboxylic acids is 2. The third kappa shape index (κ3) is 3.32. The Kier molecular flexibility index (Phi) is 4.53. The van der Waals surface area contributed by atoms with Crippen LogP contribution in [-0.2, 0) is 16.6 Å². The molecule has 1 heterocycles. The zero-order valence-corrected chi connectivity index (χ0v) is 15.6. The summed E-state index contributed by atoms with van der Waals surface area (Å²) in [5.41, 5.74) is 1.26. The molecule has 1 aromatic heterocycles. The zero-order chi connectivity index (χ0) is 19.7. The van der Waals surface area contributed by atoms with Crippen molar-refractivity contribution in [1.29, 1.82) is 0 Å². The maximum absolute atomic E-state index is 12.9. The molecule has 0 saturated carbocycles. The molecular weight excluding hydrogens is 354 g/mol. The number of fused-ring (bicyclic) bond motifs is 2. The van der Waals surface area contributed by atoms with Gasteiger partial charge < -0.3 is 10.1 Å². The van der Waals surface area contributed by atoms with Gasteiger partial charge in [0, 0.05) is 13.1 Å². The number of carbonyl (C=O) groups is 2. The van der Waals surface area contributed by atoms with Crippen LogP contribution in [0.15, 0.2) is 60.7 Å². The Morgan fingerprint density at radius 1 is 1.00 bits per heavy atom. The van der Waals surface area contributed by atoms with Gasteiger partial charge in [0.05, 0.1) is 11.3 Å². The molecule has 0 aliphatic heterocycles. The van der Waals surface area contributed by atoms with E-state index in [-0.39, 0.29) is 6.61 Å². The van der Waals surface area contributed by atoms with E-state index in [4.69, 9.17) is 4.74 Å². The second-order valence-electron chi connectivity index (χ2n) is 6.61. The first-order valence-electron chi connectivity index (χ1n) is 8.91. The molecule has 0 spiro atoms. The van der Waals surface area contributed by atoms with E-state index >= 15 is 0 Å². The highest BCUT2D eigenvalue weighted by Crippen LogP contribution is 2.29. The summed E-state index contributed by atoms with van der Waals surface area (Å²) in [6, 6.07) is 19.1. The largest absolute Gasteiger partial charge is 0.452 e. The fourth-order valence-corrected chi connectivity index (χ4v) is 3.34. The Labute approximate surface area is 161 Å². The van der Waals surface area contributed by atoms with Gasteiger partial charge in [-0.15, -0.1) is 0 Å². The fraction of sp³-hybridized carbons (Fsp3) is 0.136. The van der Waals surface area contributed by atoms with Crippen molar-refractivity contribution >= 4 is 39.2 Å². The Bertz CT molecular complexity index is 1160. The van der Waals surface area contributed by atoms with Crippen LogP contribution < -0.4 is 5.32 Å². The van der Waals surface area contributed by atoms with Crippen LogP contribution in [0, 0.1) is 6.92 Å². The molecule has 4 aromatic rings. The summed E-state index contributed by atoms with van der Waals surface area (Å²) >= 11 is 0. The number of benzene rings is 3. The zero-order valence-electron chi connectivity index (χ0n) is 15.6. The van der Waals surface area contributed by atoms with Crippen LogP contribution in [0.1, 0.15) is 16.1 Å². The van der Waals surface area contributed by atoms with Gasteiger partial charge in [-0.2, -0.15) is 5.10 Å². The summed E-state index contributed by atoms with van der Waals surface area (Å²) in [4.78, 5) is 25.1. The summed E-state index contributed by atoms with van der Waals surface area (Å²) < 4.78 is 6.91. The van der Waals surface area contributed by atoms with Crippen LogP contribution >= 0.6 is 0 Å². The van der Waals surface area contributed by atoms with Gasteiger partial charge in [0.25, 0.3) is 5.91 Å². The number of amides is 1. The highest BCUT2D eigenvalue weighted by Gasteiger charge is 2.18. The Morgan fingerprint density at radius 2 is 1.61 bits per heavy atom. The maximum atomic E-state index is 12.9. The van der Waals surface area contributed by atoms with E-state index in [1.165, 1.54) is 0 Å². The number of aryl methyl sites for hydroxylation is 2. The van der Waals surface area contributed by atoms with Crippen molar-refractivity contribution < 1.29 is 14.3 Å². The van der Waals surface area contributed by atoms with E-state index in [0.717, 1.165) is 27.2 Å². The lowest BCUT2D eigenvalue weighted by molar-refractivity contribution is -0.119. The first-order chi connectivity index (χ1) is 13.5. The van der Waals surface area contributed by atoms with Gasteiger partial charge in [0.2, 0.25) is 0 Å². The lowest BCUT2D eigenvalue weighted by Gasteiger charge is -2.11. The average molecular weight is 373 g/mol. The van der Waals surface area contributed by atoms with E-state index in [1.54, 1.807) is 17.8 Å². The lowest BCUT2D eigenvalue weighted by Crippen LogP contribution is -2.22. The van der Waals surface area contributed by atoms with E-state index in [1.807, 2.05) is 61.5 Å². The van der Waals surface area contributed by atoms with Gasteiger partial charge in [0.15, 0.2) is 6.61 Å². The molecule has 0 unspecified atom stereocenters. The van der Waals surface area contributed by atoms with Crippen LogP contribution in [0.3, 0.4) is 0 Å². The molecule has 0 saturated heterocycles. The Hall–Kier alpha value is -3.67. The van der Waals surface area contributed by atoms with Gasteiger partial charge in [-0.3, -0.25) is 9.48 Å². The summed E-state index contributed by atoms with van der Waals surface area (Å²) in [5, 5.41) is 10.4. The predicted octanol–water partition coefficient (Wildman–Crippen LogP) is 3.83. The van der Waals surface area contributed by atoms with Gasteiger partial charge in [0.1, 0.15) is 5.82 Å². The van der Waals surface area contributed by atoms with Gasteiger partial charge >= 0.3 is 5.97 Å². The molecule has 4 rings (SSSR count). The van der Waals surface area contributed by atoms with Crippen molar-refractivity contribution in [2.45, 2.75) is 6.92 Å². The smallest absolute Gasteiger partial charge is 0.339 e. The molecule has 1 N–H and O–H groups in total. The van der Waals surface area contributed by atoms with Gasteiger partial charge in [-0.1, -0.05) is 48.5 Å². The molecule has 0 fully saturated rings. The molecule has 0 aliphatic rings. The Morgan fingerprint density at radius 3 is 2.18 bits per heavy atom. The minimum Gasteiger partial charge on any atom is -0.452 e. The molecular formula is C22H19N3O3. The number of anilines is 1. The SMILES string of the molecule is Cc1cc(NC(=O)COC(=O)c2c3ccccc3cc3ccccc23)n(C)n1. The van der Waals surface area contributed by atoms with Crippen LogP contribution in [0.25, 0.3) is 21.5 Å². The van der Waals surface area contributed by atoms with E-state index < -0.39 is 11.9 Å². The van der Waals surface area contributed by atoms with Crippen molar-refractivity contribution in [3.8, 4) is 0 Å². The molecule has 6 nitrogen and oxygen atoms in total. The predicted molar refractivity (Wildman–Crippen MR) is 108 cm³/mol. The molecule has 0 radical (unpaired) electrons. The Balaban J connectivity index is 1.60. The van der Waals surface area contributed by atoms with E-state index in [9.17, 15) is 9.59 Å². The minimum atomic E-state index is -0.524. The van der Waals surface area contributed by atoms with Gasteiger partial charge in [-0.25, -0.2) is 4.79 Å². The van der Waals surface area contributed by atoms with Crippen LogP contribution in [0.4, 0.5) is 5.82 Å². The first-order valence-corrected chi connectivity index (χ1v) is 8.91. The first kappa shape index (κ1) is 17.7. The normalized spacial score (nSPS) is 10.9. The number of hydrogen-bond donors (Lipinski definition) is 1. The van der Waals surface area contributed by atoms with Crippen molar-refractivity contribution in [2.75, 3.05) is 11.9 Å². The van der Waals surface area contributed by atoms with E-state index in [2.05, 4.69) is 10.4 Å². The number of aromatic nitrogens is 2. The molecule has 3 aromatic carbocycles. The summed E-state index contributed by atoms with van der Waals surface area (Å²) in [6.07, 6.45) is 0. The van der Waals surface area contributed by atoms with Crippen molar-refractivity contribution in [3.05, 3.63) is 71.9 Å². The minimum absolute atomic E-state index is 0.374. The lowest BCUT2D eigenvalue weighted by atomic mass is 9.97. The summed E-state index contributed by atoms with van der Waals surface area (Å²) in [7, 11) is 1.73. The highest BCUT2D eigenvalue weighted by molar-refractivity contribution is 6.16. The molecule has 0 aliphatic carbocycles.